The molecule has 0 amide bonds. The fraction of sp³-hybridized carbons (Fsp3) is 0.235. The first-order valence-electron chi connectivity index (χ1n) is 6.83. The molecule has 0 N–H and O–H groups in total. The largest absolute Gasteiger partial charge is 0.467 e. The Balaban J connectivity index is 1.92. The first kappa shape index (κ1) is 14.5. The fourth-order valence-corrected chi connectivity index (χ4v) is 3.06. The smallest absolute Gasteiger partial charge is 0.218 e. The third-order valence-electron chi connectivity index (χ3n) is 3.44. The maximum atomic E-state index is 6.14. The molecule has 0 aromatic heterocycles. The molecular weight excluding hydrogens is 377 g/mol. The predicted molar refractivity (Wildman–Crippen MR) is 91.6 cm³/mol. The Kier molecular flexibility index (Phi) is 4.55. The summed E-state index contributed by atoms with van der Waals surface area (Å²) in [5, 5.41) is 0. The second-order valence-corrected chi connectivity index (χ2v) is 6.05. The maximum absolute atomic E-state index is 6.14. The summed E-state index contributed by atoms with van der Waals surface area (Å²) in [5.41, 5.74) is 2.17. The Morgan fingerprint density at radius 3 is 2.52 bits per heavy atom. The Morgan fingerprint density at radius 1 is 1.10 bits per heavy atom. The second-order valence-electron chi connectivity index (χ2n) is 4.89. The number of aliphatic imine (C=N–C) groups is 1. The van der Waals surface area contributed by atoms with Gasteiger partial charge < -0.3 is 9.47 Å². The van der Waals surface area contributed by atoms with Gasteiger partial charge in [-0.15, -0.1) is 0 Å². The van der Waals surface area contributed by atoms with E-state index in [1.807, 2.05) is 36.4 Å². The van der Waals surface area contributed by atoms with E-state index in [0.717, 1.165) is 14.7 Å². The Labute approximate surface area is 138 Å². The molecule has 0 unspecified atom stereocenters. The molecule has 0 saturated heterocycles. The monoisotopic (exact) mass is 393 g/mol. The van der Waals surface area contributed by atoms with Gasteiger partial charge in [-0.1, -0.05) is 42.5 Å². The van der Waals surface area contributed by atoms with Gasteiger partial charge in [-0.2, -0.15) is 0 Å². The highest BCUT2D eigenvalue weighted by Crippen LogP contribution is 2.32. The SMILES string of the molecule is COC[C@H]1N=C(c2ccccc2I)O[C@@H]1c1ccccc1. The number of benzene rings is 2. The molecule has 2 aromatic rings. The summed E-state index contributed by atoms with van der Waals surface area (Å²) in [5.74, 6) is 0.705. The van der Waals surface area contributed by atoms with E-state index < -0.39 is 0 Å². The first-order chi connectivity index (χ1) is 10.3. The third kappa shape index (κ3) is 3.11. The Hall–Kier alpha value is -1.40. The van der Waals surface area contributed by atoms with Crippen molar-refractivity contribution >= 4 is 28.5 Å². The average Bonchev–Trinajstić information content (AvgIpc) is 2.93. The lowest BCUT2D eigenvalue weighted by Crippen LogP contribution is -2.19. The zero-order valence-electron chi connectivity index (χ0n) is 11.7. The summed E-state index contributed by atoms with van der Waals surface area (Å²) in [6.07, 6.45) is -0.0860. The van der Waals surface area contributed by atoms with Crippen LogP contribution in [0.25, 0.3) is 0 Å². The Bertz CT molecular complexity index is 642. The topological polar surface area (TPSA) is 30.8 Å². The van der Waals surface area contributed by atoms with Crippen LogP contribution in [-0.2, 0) is 9.47 Å². The molecule has 3 rings (SSSR count). The molecule has 108 valence electrons. The number of halogens is 1. The molecule has 1 aliphatic rings. The van der Waals surface area contributed by atoms with Crippen LogP contribution in [-0.4, -0.2) is 25.7 Å². The molecule has 3 nitrogen and oxygen atoms in total. The van der Waals surface area contributed by atoms with Gasteiger partial charge in [0.2, 0.25) is 5.90 Å². The van der Waals surface area contributed by atoms with Crippen LogP contribution in [0.15, 0.2) is 59.6 Å². The van der Waals surface area contributed by atoms with Crippen LogP contribution >= 0.6 is 22.6 Å². The first-order valence-corrected chi connectivity index (χ1v) is 7.90. The molecule has 0 saturated carbocycles. The quantitative estimate of drug-likeness (QED) is 0.740. The van der Waals surface area contributed by atoms with E-state index in [9.17, 15) is 0 Å². The summed E-state index contributed by atoms with van der Waals surface area (Å²) in [6, 6.07) is 18.3. The van der Waals surface area contributed by atoms with Gasteiger partial charge in [0.05, 0.1) is 6.61 Å². The van der Waals surface area contributed by atoms with E-state index in [-0.39, 0.29) is 12.1 Å². The van der Waals surface area contributed by atoms with Crippen LogP contribution in [0.2, 0.25) is 0 Å². The van der Waals surface area contributed by atoms with Crippen molar-refractivity contribution < 1.29 is 9.47 Å². The van der Waals surface area contributed by atoms with Gasteiger partial charge in [-0.25, -0.2) is 4.99 Å². The van der Waals surface area contributed by atoms with Gasteiger partial charge in [0.15, 0.2) is 6.10 Å². The predicted octanol–water partition coefficient (Wildman–Crippen LogP) is 3.82. The summed E-state index contributed by atoms with van der Waals surface area (Å²) < 4.78 is 12.6. The highest BCUT2D eigenvalue weighted by atomic mass is 127. The van der Waals surface area contributed by atoms with Crippen molar-refractivity contribution in [3.05, 3.63) is 69.3 Å². The van der Waals surface area contributed by atoms with E-state index in [1.54, 1.807) is 7.11 Å². The van der Waals surface area contributed by atoms with E-state index in [0.29, 0.717) is 12.5 Å². The van der Waals surface area contributed by atoms with Crippen molar-refractivity contribution in [2.45, 2.75) is 12.1 Å². The van der Waals surface area contributed by atoms with Crippen LogP contribution < -0.4 is 0 Å². The number of methoxy groups -OCH3 is 1. The average molecular weight is 393 g/mol. The van der Waals surface area contributed by atoms with Gasteiger partial charge in [-0.05, 0) is 40.3 Å². The standard InChI is InChI=1S/C17H16INO2/c1-20-11-15-16(12-7-3-2-4-8-12)21-17(19-15)13-9-5-6-10-14(13)18/h2-10,15-16H,11H2,1H3/t15-,16-/m1/s1. The molecular formula is C17H16INO2. The van der Waals surface area contributed by atoms with Gasteiger partial charge >= 0.3 is 0 Å². The van der Waals surface area contributed by atoms with Crippen molar-refractivity contribution in [1.29, 1.82) is 0 Å². The molecule has 1 heterocycles. The summed E-state index contributed by atoms with van der Waals surface area (Å²) in [6.45, 7) is 0.548. The molecule has 0 aliphatic carbocycles. The zero-order chi connectivity index (χ0) is 14.7. The number of nitrogens with zero attached hydrogens (tertiary/aromatic N) is 1. The minimum atomic E-state index is -0.0860. The molecule has 2 aromatic carbocycles. The van der Waals surface area contributed by atoms with Crippen LogP contribution in [0.3, 0.4) is 0 Å². The minimum Gasteiger partial charge on any atom is -0.467 e. The van der Waals surface area contributed by atoms with Crippen molar-refractivity contribution in [2.24, 2.45) is 4.99 Å². The van der Waals surface area contributed by atoms with Crippen LogP contribution in [0.4, 0.5) is 0 Å². The normalized spacial score (nSPS) is 21.0. The molecule has 2 atom stereocenters. The lowest BCUT2D eigenvalue weighted by molar-refractivity contribution is 0.120. The summed E-state index contributed by atoms with van der Waals surface area (Å²) in [4.78, 5) is 4.73. The van der Waals surface area contributed by atoms with Gasteiger partial charge in [0, 0.05) is 16.2 Å². The van der Waals surface area contributed by atoms with Gasteiger partial charge in [-0.3, -0.25) is 0 Å². The van der Waals surface area contributed by atoms with Crippen LogP contribution in [0.5, 0.6) is 0 Å². The van der Waals surface area contributed by atoms with E-state index >= 15 is 0 Å². The highest BCUT2D eigenvalue weighted by Gasteiger charge is 2.33. The van der Waals surface area contributed by atoms with Crippen molar-refractivity contribution in [2.75, 3.05) is 13.7 Å². The number of ether oxygens (including phenoxy) is 2. The van der Waals surface area contributed by atoms with Crippen LogP contribution in [0, 0.1) is 3.57 Å². The molecule has 0 fully saturated rings. The Morgan fingerprint density at radius 2 is 1.81 bits per heavy atom. The van der Waals surface area contributed by atoms with Gasteiger partial charge in [0.1, 0.15) is 6.04 Å². The minimum absolute atomic E-state index is 0.0107. The zero-order valence-corrected chi connectivity index (χ0v) is 13.9. The van der Waals surface area contributed by atoms with E-state index in [2.05, 4.69) is 40.8 Å². The number of hydrogen-bond acceptors (Lipinski definition) is 3. The van der Waals surface area contributed by atoms with Crippen molar-refractivity contribution in [1.82, 2.24) is 0 Å². The third-order valence-corrected chi connectivity index (χ3v) is 4.38. The molecule has 4 heteroatoms. The van der Waals surface area contributed by atoms with Gasteiger partial charge in [0.25, 0.3) is 0 Å². The summed E-state index contributed by atoms with van der Waals surface area (Å²) >= 11 is 2.31. The number of hydrogen-bond donors (Lipinski definition) is 0. The van der Waals surface area contributed by atoms with E-state index in [4.69, 9.17) is 14.5 Å². The maximum Gasteiger partial charge on any atom is 0.218 e. The fourth-order valence-electron chi connectivity index (χ4n) is 2.44. The summed E-state index contributed by atoms with van der Waals surface area (Å²) in [7, 11) is 1.70. The second kappa shape index (κ2) is 6.58. The highest BCUT2D eigenvalue weighted by molar-refractivity contribution is 14.1. The number of rotatable bonds is 4. The van der Waals surface area contributed by atoms with Crippen molar-refractivity contribution in [3.63, 3.8) is 0 Å². The lowest BCUT2D eigenvalue weighted by Gasteiger charge is -2.17. The molecule has 0 radical (unpaired) electrons. The van der Waals surface area contributed by atoms with Crippen molar-refractivity contribution in [3.8, 4) is 0 Å². The molecule has 21 heavy (non-hydrogen) atoms. The molecule has 1 aliphatic heterocycles. The molecule has 0 bridgehead atoms. The molecule has 0 spiro atoms. The lowest BCUT2D eigenvalue weighted by atomic mass is 10.0. The van der Waals surface area contributed by atoms with Crippen LogP contribution in [0.1, 0.15) is 17.2 Å². The van der Waals surface area contributed by atoms with E-state index in [1.165, 1.54) is 0 Å².